The molecule has 0 radical (unpaired) electrons. The predicted octanol–water partition coefficient (Wildman–Crippen LogP) is 2.20. The van der Waals surface area contributed by atoms with E-state index < -0.39 is 0 Å². The van der Waals surface area contributed by atoms with Crippen molar-refractivity contribution in [2.75, 3.05) is 5.73 Å². The summed E-state index contributed by atoms with van der Waals surface area (Å²) in [6.45, 7) is 1.83. The van der Waals surface area contributed by atoms with E-state index in [0.29, 0.717) is 11.6 Å². The first kappa shape index (κ1) is 7.44. The first-order valence-electron chi connectivity index (χ1n) is 4.38. The summed E-state index contributed by atoms with van der Waals surface area (Å²) in [5, 5.41) is 0.920. The zero-order valence-corrected chi connectivity index (χ0v) is 7.66. The Balaban J connectivity index is 2.64. The molecular formula is C10H9N3O. The normalized spacial score (nSPS) is 11.5. The van der Waals surface area contributed by atoms with Gasteiger partial charge in [0.25, 0.3) is 0 Å². The van der Waals surface area contributed by atoms with Gasteiger partial charge < -0.3 is 15.1 Å². The molecule has 0 saturated heterocycles. The maximum absolute atomic E-state index is 5.83. The van der Waals surface area contributed by atoms with Crippen LogP contribution in [0.2, 0.25) is 0 Å². The lowest BCUT2D eigenvalue weighted by molar-refractivity contribution is 0.564. The molecule has 0 fully saturated rings. The lowest BCUT2D eigenvalue weighted by atomic mass is 10.2. The zero-order valence-electron chi connectivity index (χ0n) is 7.66. The molecule has 0 bridgehead atoms. The summed E-state index contributed by atoms with van der Waals surface area (Å²) in [6.07, 6.45) is 1.77. The van der Waals surface area contributed by atoms with Gasteiger partial charge in [0.2, 0.25) is 0 Å². The molecular weight excluding hydrogens is 178 g/mol. The van der Waals surface area contributed by atoms with Crippen LogP contribution in [0.1, 0.15) is 5.89 Å². The van der Waals surface area contributed by atoms with Gasteiger partial charge in [0.15, 0.2) is 11.5 Å². The van der Waals surface area contributed by atoms with E-state index in [1.807, 2.05) is 19.1 Å². The Hall–Kier alpha value is -1.97. The average molecular weight is 187 g/mol. The number of benzene rings is 1. The molecule has 0 aliphatic heterocycles. The molecule has 0 unspecified atom stereocenters. The molecule has 3 rings (SSSR count). The summed E-state index contributed by atoms with van der Waals surface area (Å²) in [6, 6.07) is 3.88. The number of nitrogen functional groups attached to an aromatic ring is 1. The van der Waals surface area contributed by atoms with Crippen molar-refractivity contribution in [1.29, 1.82) is 0 Å². The molecule has 4 nitrogen and oxygen atoms in total. The minimum atomic E-state index is 0.660. The smallest absolute Gasteiger partial charge is 0.192 e. The fourth-order valence-corrected chi connectivity index (χ4v) is 1.74. The predicted molar refractivity (Wildman–Crippen MR) is 55.0 cm³/mol. The number of aromatic amines is 1. The molecule has 3 N–H and O–H groups in total. The second kappa shape index (κ2) is 2.29. The van der Waals surface area contributed by atoms with Crippen LogP contribution in [0.15, 0.2) is 22.7 Å². The quantitative estimate of drug-likeness (QED) is 0.566. The van der Waals surface area contributed by atoms with Crippen molar-refractivity contribution in [2.24, 2.45) is 0 Å². The van der Waals surface area contributed by atoms with Gasteiger partial charge in [-0.05, 0) is 12.1 Å². The number of nitrogens with one attached hydrogen (secondary N) is 1. The third-order valence-electron chi connectivity index (χ3n) is 2.34. The van der Waals surface area contributed by atoms with Crippen LogP contribution in [0.5, 0.6) is 0 Å². The third-order valence-corrected chi connectivity index (χ3v) is 2.34. The standard InChI is InChI=1S/C10H9N3O/c1-5-13-8-3-2-7-9(10(8)14-5)6(11)4-12-7/h2-4,12H,11H2,1H3. The Labute approximate surface area is 79.7 Å². The second-order valence-electron chi connectivity index (χ2n) is 3.31. The maximum atomic E-state index is 5.83. The van der Waals surface area contributed by atoms with Crippen LogP contribution in [0, 0.1) is 6.92 Å². The summed E-state index contributed by atoms with van der Waals surface area (Å²) in [5.74, 6) is 0.660. The summed E-state index contributed by atoms with van der Waals surface area (Å²) in [4.78, 5) is 7.32. The van der Waals surface area contributed by atoms with E-state index in [2.05, 4.69) is 9.97 Å². The van der Waals surface area contributed by atoms with Crippen molar-refractivity contribution < 1.29 is 4.42 Å². The molecule has 0 aliphatic carbocycles. The minimum absolute atomic E-state index is 0.660. The van der Waals surface area contributed by atoms with E-state index in [0.717, 1.165) is 22.0 Å². The van der Waals surface area contributed by atoms with Crippen molar-refractivity contribution in [3.63, 3.8) is 0 Å². The summed E-state index contributed by atoms with van der Waals surface area (Å²) in [5.41, 5.74) is 9.12. The molecule has 4 heteroatoms. The number of oxazole rings is 1. The molecule has 0 atom stereocenters. The molecule has 0 spiro atoms. The van der Waals surface area contributed by atoms with Crippen LogP contribution in [-0.2, 0) is 0 Å². The van der Waals surface area contributed by atoms with Gasteiger partial charge in [0.1, 0.15) is 5.52 Å². The monoisotopic (exact) mass is 187 g/mol. The highest BCUT2D eigenvalue weighted by Crippen LogP contribution is 2.29. The fraction of sp³-hybridized carbons (Fsp3) is 0.100. The zero-order chi connectivity index (χ0) is 9.71. The Morgan fingerprint density at radius 1 is 1.43 bits per heavy atom. The molecule has 2 aromatic heterocycles. The Kier molecular flexibility index (Phi) is 1.21. The van der Waals surface area contributed by atoms with Crippen molar-refractivity contribution in [2.45, 2.75) is 6.92 Å². The summed E-state index contributed by atoms with van der Waals surface area (Å²) in [7, 11) is 0. The highest BCUT2D eigenvalue weighted by atomic mass is 16.3. The number of hydrogen-bond acceptors (Lipinski definition) is 3. The average Bonchev–Trinajstić information content (AvgIpc) is 2.68. The Morgan fingerprint density at radius 3 is 3.14 bits per heavy atom. The number of hydrogen-bond donors (Lipinski definition) is 2. The van der Waals surface area contributed by atoms with E-state index in [1.165, 1.54) is 0 Å². The highest BCUT2D eigenvalue weighted by molar-refractivity contribution is 6.08. The largest absolute Gasteiger partial charge is 0.440 e. The topological polar surface area (TPSA) is 67.8 Å². The molecule has 2 heterocycles. The van der Waals surface area contributed by atoms with Crippen molar-refractivity contribution in [3.05, 3.63) is 24.2 Å². The molecule has 70 valence electrons. The van der Waals surface area contributed by atoms with Gasteiger partial charge in [-0.1, -0.05) is 0 Å². The van der Waals surface area contributed by atoms with Gasteiger partial charge in [0.05, 0.1) is 16.6 Å². The number of aromatic nitrogens is 2. The fourth-order valence-electron chi connectivity index (χ4n) is 1.74. The van der Waals surface area contributed by atoms with Gasteiger partial charge in [0, 0.05) is 13.1 Å². The summed E-state index contributed by atoms with van der Waals surface area (Å²) < 4.78 is 5.51. The van der Waals surface area contributed by atoms with Crippen LogP contribution >= 0.6 is 0 Å². The molecule has 1 aromatic carbocycles. The van der Waals surface area contributed by atoms with Gasteiger partial charge in [-0.3, -0.25) is 0 Å². The molecule has 3 aromatic rings. The van der Waals surface area contributed by atoms with E-state index in [-0.39, 0.29) is 0 Å². The van der Waals surface area contributed by atoms with Gasteiger partial charge in [-0.2, -0.15) is 0 Å². The van der Waals surface area contributed by atoms with E-state index in [9.17, 15) is 0 Å². The molecule has 0 saturated carbocycles. The number of aryl methyl sites for hydroxylation is 1. The van der Waals surface area contributed by atoms with Crippen molar-refractivity contribution in [1.82, 2.24) is 9.97 Å². The van der Waals surface area contributed by atoms with E-state index in [1.54, 1.807) is 6.20 Å². The number of H-pyrrole nitrogens is 1. The highest BCUT2D eigenvalue weighted by Gasteiger charge is 2.10. The van der Waals surface area contributed by atoms with E-state index in [4.69, 9.17) is 10.2 Å². The second-order valence-corrected chi connectivity index (χ2v) is 3.31. The van der Waals surface area contributed by atoms with Crippen LogP contribution in [-0.4, -0.2) is 9.97 Å². The van der Waals surface area contributed by atoms with Crippen LogP contribution < -0.4 is 5.73 Å². The summed E-state index contributed by atoms with van der Waals surface area (Å²) >= 11 is 0. The van der Waals surface area contributed by atoms with Gasteiger partial charge in [-0.25, -0.2) is 4.98 Å². The van der Waals surface area contributed by atoms with E-state index >= 15 is 0 Å². The first-order valence-corrected chi connectivity index (χ1v) is 4.38. The van der Waals surface area contributed by atoms with Gasteiger partial charge >= 0.3 is 0 Å². The van der Waals surface area contributed by atoms with Gasteiger partial charge in [-0.15, -0.1) is 0 Å². The number of anilines is 1. The number of nitrogens with zero attached hydrogens (tertiary/aromatic N) is 1. The molecule has 0 aliphatic rings. The number of nitrogens with two attached hydrogens (primary N) is 1. The third kappa shape index (κ3) is 0.797. The Bertz CT molecular complexity index is 621. The Morgan fingerprint density at radius 2 is 2.29 bits per heavy atom. The van der Waals surface area contributed by atoms with Crippen molar-refractivity contribution in [3.8, 4) is 0 Å². The molecule has 14 heavy (non-hydrogen) atoms. The maximum Gasteiger partial charge on any atom is 0.192 e. The number of fused-ring (bicyclic) bond motifs is 3. The van der Waals surface area contributed by atoms with Crippen LogP contribution in [0.3, 0.4) is 0 Å². The SMILES string of the molecule is Cc1nc2ccc3[nH]cc(N)c3c2o1. The molecule has 0 amide bonds. The number of rotatable bonds is 0. The van der Waals surface area contributed by atoms with Crippen molar-refractivity contribution >= 4 is 27.7 Å². The first-order chi connectivity index (χ1) is 6.75. The van der Waals surface area contributed by atoms with Crippen LogP contribution in [0.25, 0.3) is 22.0 Å². The lowest BCUT2D eigenvalue weighted by Gasteiger charge is -1.91. The lowest BCUT2D eigenvalue weighted by Crippen LogP contribution is -1.80. The minimum Gasteiger partial charge on any atom is -0.440 e. The van der Waals surface area contributed by atoms with Crippen LogP contribution in [0.4, 0.5) is 5.69 Å².